The third-order valence-electron chi connectivity index (χ3n) is 12.0. The third-order valence-corrected chi connectivity index (χ3v) is 12.0. The zero-order chi connectivity index (χ0) is 29.6. The van der Waals surface area contributed by atoms with E-state index in [9.17, 15) is 0 Å². The molecule has 0 heteroatoms. The van der Waals surface area contributed by atoms with Crippen molar-refractivity contribution in [3.05, 3.63) is 99.7 Å². The molecule has 0 heterocycles. The van der Waals surface area contributed by atoms with Gasteiger partial charge in [-0.1, -0.05) is 116 Å². The minimum absolute atomic E-state index is 0.00000165. The zero-order valence-corrected chi connectivity index (χ0v) is 27.3. The van der Waals surface area contributed by atoms with Gasteiger partial charge in [0, 0.05) is 10.8 Å². The van der Waals surface area contributed by atoms with Crippen molar-refractivity contribution in [2.24, 2.45) is 22.2 Å². The van der Waals surface area contributed by atoms with E-state index in [-0.39, 0.29) is 21.7 Å². The molecule has 0 nitrogen and oxygen atoms in total. The van der Waals surface area contributed by atoms with E-state index in [1.165, 1.54) is 61.3 Å². The maximum Gasteiger partial charge on any atom is 0.0197 e. The summed E-state index contributed by atoms with van der Waals surface area (Å²) < 4.78 is 0. The van der Waals surface area contributed by atoms with Gasteiger partial charge in [0.2, 0.25) is 0 Å². The van der Waals surface area contributed by atoms with E-state index in [1.54, 1.807) is 0 Å². The number of allylic oxidation sites excluding steroid dienone is 8. The predicted molar refractivity (Wildman–Crippen MR) is 173 cm³/mol. The molecule has 1 aromatic carbocycles. The summed E-state index contributed by atoms with van der Waals surface area (Å²) in [6, 6.07) is 4.83. The Morgan fingerprint density at radius 3 is 2.13 bits per heavy atom. The van der Waals surface area contributed by atoms with Gasteiger partial charge >= 0.3 is 0 Å². The monoisotopic (exact) mass is 522 g/mol. The van der Waals surface area contributed by atoms with Gasteiger partial charge in [0.05, 0.1) is 0 Å². The lowest BCUT2D eigenvalue weighted by molar-refractivity contribution is -0.0370. The normalized spacial score (nSPS) is 32.6. The summed E-state index contributed by atoms with van der Waals surface area (Å²) in [5, 5.41) is 0. The van der Waals surface area contributed by atoms with Crippen molar-refractivity contribution in [3.8, 4) is 0 Å². The van der Waals surface area contributed by atoms with E-state index in [0.717, 1.165) is 24.8 Å². The number of hydrogen-bond acceptors (Lipinski definition) is 0. The molecule has 0 saturated heterocycles. The molecular formula is C39H54. The Morgan fingerprint density at radius 2 is 1.62 bits per heavy atom. The molecule has 0 saturated carbocycles. The molecule has 0 fully saturated rings. The second kappa shape index (κ2) is 9.09. The minimum Gasteiger partial charge on any atom is -0.0999 e. The molecule has 0 radical (unpaired) electrons. The van der Waals surface area contributed by atoms with Crippen LogP contribution in [0.2, 0.25) is 0 Å². The lowest BCUT2D eigenvalue weighted by Gasteiger charge is -2.67. The highest BCUT2D eigenvalue weighted by atomic mass is 14.7. The van der Waals surface area contributed by atoms with Crippen LogP contribution in [0, 0.1) is 29.1 Å². The number of benzene rings is 1. The van der Waals surface area contributed by atoms with Gasteiger partial charge in [0.25, 0.3) is 0 Å². The van der Waals surface area contributed by atoms with Gasteiger partial charge in [-0.05, 0) is 114 Å². The van der Waals surface area contributed by atoms with Crippen LogP contribution in [-0.4, -0.2) is 0 Å². The van der Waals surface area contributed by atoms with Crippen molar-refractivity contribution in [1.29, 1.82) is 0 Å². The lowest BCUT2D eigenvalue weighted by Crippen LogP contribution is -2.59. The Morgan fingerprint density at radius 1 is 1.03 bits per heavy atom. The molecule has 0 N–H and O–H groups in total. The molecule has 210 valence electrons. The fraction of sp³-hybridized carbons (Fsp3) is 0.538. The fourth-order valence-corrected chi connectivity index (χ4v) is 9.60. The van der Waals surface area contributed by atoms with Crippen molar-refractivity contribution < 1.29 is 0 Å². The maximum absolute atomic E-state index is 4.93. The first-order valence-electron chi connectivity index (χ1n) is 15.1. The van der Waals surface area contributed by atoms with E-state index in [1.807, 2.05) is 0 Å². The first kappa shape index (κ1) is 29.6. The van der Waals surface area contributed by atoms with Gasteiger partial charge in [-0.2, -0.15) is 0 Å². The van der Waals surface area contributed by atoms with Crippen molar-refractivity contribution in [1.82, 2.24) is 0 Å². The summed E-state index contributed by atoms with van der Waals surface area (Å²) in [6.07, 6.45) is 3.11. The van der Waals surface area contributed by atoms with Gasteiger partial charge in [0.15, 0.2) is 0 Å². The Balaban J connectivity index is 2.15. The van der Waals surface area contributed by atoms with Crippen LogP contribution in [0.25, 0.3) is 5.57 Å². The highest BCUT2D eigenvalue weighted by molar-refractivity contribution is 5.88. The van der Waals surface area contributed by atoms with E-state index in [2.05, 4.69) is 108 Å². The lowest BCUT2D eigenvalue weighted by atomic mass is 9.36. The molecule has 1 aromatic rings. The highest BCUT2D eigenvalue weighted by Gasteiger charge is 2.66. The van der Waals surface area contributed by atoms with Gasteiger partial charge in [-0.3, -0.25) is 0 Å². The van der Waals surface area contributed by atoms with E-state index < -0.39 is 0 Å². The predicted octanol–water partition coefficient (Wildman–Crippen LogP) is 11.6. The van der Waals surface area contributed by atoms with E-state index >= 15 is 0 Å². The summed E-state index contributed by atoms with van der Waals surface area (Å²) in [7, 11) is 0. The van der Waals surface area contributed by atoms with E-state index in [4.69, 9.17) is 13.2 Å². The fourth-order valence-electron chi connectivity index (χ4n) is 9.60. The summed E-state index contributed by atoms with van der Waals surface area (Å²) in [6.45, 7) is 47.3. The molecular weight excluding hydrogens is 468 g/mol. The van der Waals surface area contributed by atoms with Crippen molar-refractivity contribution >= 4 is 5.57 Å². The zero-order valence-electron chi connectivity index (χ0n) is 27.3. The van der Waals surface area contributed by atoms with Crippen molar-refractivity contribution in [2.75, 3.05) is 0 Å². The number of fused-ring (bicyclic) bond motifs is 3. The van der Waals surface area contributed by atoms with Crippen LogP contribution in [0.1, 0.15) is 124 Å². The number of rotatable bonds is 4. The van der Waals surface area contributed by atoms with Crippen molar-refractivity contribution in [2.45, 2.75) is 114 Å². The molecule has 4 rings (SSSR count). The van der Waals surface area contributed by atoms with Crippen LogP contribution in [0.4, 0.5) is 0 Å². The topological polar surface area (TPSA) is 0 Å². The summed E-state index contributed by atoms with van der Waals surface area (Å²) >= 11 is 0. The minimum atomic E-state index is -0.190. The molecule has 39 heavy (non-hydrogen) atoms. The van der Waals surface area contributed by atoms with Crippen LogP contribution in [0.5, 0.6) is 0 Å². The Hall–Kier alpha value is -2.34. The summed E-state index contributed by atoms with van der Waals surface area (Å²) in [4.78, 5) is 0. The average molecular weight is 523 g/mol. The molecule has 5 atom stereocenters. The molecule has 0 aliphatic heterocycles. The quantitative estimate of drug-likeness (QED) is 0.345. The second-order valence-electron chi connectivity index (χ2n) is 14.9. The maximum atomic E-state index is 4.93. The molecule has 0 amide bonds. The summed E-state index contributed by atoms with van der Waals surface area (Å²) in [5.41, 5.74) is 16.1. The van der Waals surface area contributed by atoms with Gasteiger partial charge < -0.3 is 0 Å². The average Bonchev–Trinajstić information content (AvgIpc) is 2.82. The van der Waals surface area contributed by atoms with Gasteiger partial charge in [0.1, 0.15) is 0 Å². The third kappa shape index (κ3) is 3.69. The second-order valence-corrected chi connectivity index (χ2v) is 14.9. The highest BCUT2D eigenvalue weighted by Crippen LogP contribution is 2.75. The molecule has 0 spiro atoms. The molecule has 0 bridgehead atoms. The van der Waals surface area contributed by atoms with E-state index in [0.29, 0.717) is 11.8 Å². The smallest absolute Gasteiger partial charge is 0.0197 e. The Bertz CT molecular complexity index is 1380. The first-order chi connectivity index (χ1) is 17.8. The van der Waals surface area contributed by atoms with Crippen LogP contribution in [0.3, 0.4) is 0 Å². The number of hydrogen-bond donors (Lipinski definition) is 0. The van der Waals surface area contributed by atoms with Crippen molar-refractivity contribution in [3.63, 3.8) is 0 Å². The Kier molecular flexibility index (Phi) is 6.91. The van der Waals surface area contributed by atoms with Gasteiger partial charge in [-0.25, -0.2) is 0 Å². The molecule has 0 aromatic heterocycles. The SMILES string of the molecule is C=C(CC)C[C@@H]1[C@]2(C)C(=C(C)[C@@]3(C)C(=C)C(C(=C)C)=C(C)C[C@@]13C)C(=C)c1c(ccc(C(C)(C)C)c1C)[C@H]2C. The molecule has 0 unspecified atom stereocenters. The molecule has 3 aliphatic carbocycles. The van der Waals surface area contributed by atoms with Crippen LogP contribution >= 0.6 is 0 Å². The largest absolute Gasteiger partial charge is 0.0999 e. The van der Waals surface area contributed by atoms with Gasteiger partial charge in [-0.15, -0.1) is 0 Å². The molecule has 3 aliphatic rings. The van der Waals surface area contributed by atoms with Crippen LogP contribution < -0.4 is 0 Å². The first-order valence-corrected chi connectivity index (χ1v) is 15.1. The Labute approximate surface area is 240 Å². The summed E-state index contributed by atoms with van der Waals surface area (Å²) in [5.74, 6) is 0.772. The standard InChI is InChI=1S/C39H54/c1-17-23(4)20-32-37(14)21-24(5)33(22(2)3)28(9)39(37,16)29(10)35-26(7)34-25(6)31(36(11,12)13)19-18-30(34)27(8)38(32,35)15/h18-19,27,32H,2,4,7,9,17,20-21H2,1,3,5-6,8,10-16H3/t27-,32+,37+,38-,39-/m1/s1. The van der Waals surface area contributed by atoms with Crippen LogP contribution in [-0.2, 0) is 5.41 Å². The van der Waals surface area contributed by atoms with Crippen LogP contribution in [0.15, 0.2) is 77.5 Å².